The second kappa shape index (κ2) is 9.37. The number of hydrogen-bond donors (Lipinski definition) is 3. The molecule has 0 saturated carbocycles. The number of rotatable bonds is 6. The Morgan fingerprint density at radius 2 is 1.95 bits per heavy atom. The van der Waals surface area contributed by atoms with E-state index in [1.54, 1.807) is 6.07 Å². The molecule has 0 heterocycles. The fraction of sp³-hybridized carbons (Fsp3) is 0.467. The minimum Gasteiger partial charge on any atom is -0.351 e. The number of carbonyl (C=O) groups is 2. The fourth-order valence-electron chi connectivity index (χ4n) is 1.90. The normalized spacial score (nSPS) is 11.5. The number of halogens is 1. The monoisotopic (exact) mass is 313 g/mol. The molecule has 1 atom stereocenters. The third kappa shape index (κ3) is 7.68. The van der Waals surface area contributed by atoms with Gasteiger partial charge in [-0.2, -0.15) is 0 Å². The van der Waals surface area contributed by atoms with Crippen LogP contribution >= 0.6 is 12.4 Å². The van der Waals surface area contributed by atoms with E-state index in [4.69, 9.17) is 5.73 Å². The van der Waals surface area contributed by atoms with Crippen LogP contribution < -0.4 is 16.4 Å². The lowest BCUT2D eigenvalue weighted by Crippen LogP contribution is -2.41. The van der Waals surface area contributed by atoms with Crippen LogP contribution in [0.2, 0.25) is 0 Å². The summed E-state index contributed by atoms with van der Waals surface area (Å²) in [6, 6.07) is 6.88. The maximum absolute atomic E-state index is 11.8. The molecule has 0 saturated heterocycles. The average Bonchev–Trinajstić information content (AvgIpc) is 2.34. The molecule has 21 heavy (non-hydrogen) atoms. The summed E-state index contributed by atoms with van der Waals surface area (Å²) in [5, 5.41) is 5.51. The summed E-state index contributed by atoms with van der Waals surface area (Å²) in [6.07, 6.45) is 0.664. The van der Waals surface area contributed by atoms with E-state index in [-0.39, 0.29) is 24.2 Å². The molecule has 4 N–H and O–H groups in total. The zero-order chi connectivity index (χ0) is 15.1. The van der Waals surface area contributed by atoms with Gasteiger partial charge in [0.05, 0.1) is 6.04 Å². The molecule has 2 amide bonds. The minimum absolute atomic E-state index is 0. The van der Waals surface area contributed by atoms with E-state index in [1.807, 2.05) is 32.0 Å². The molecule has 1 aromatic carbocycles. The predicted molar refractivity (Wildman–Crippen MR) is 87.3 cm³/mol. The van der Waals surface area contributed by atoms with Crippen LogP contribution in [0.1, 0.15) is 32.8 Å². The van der Waals surface area contributed by atoms with Crippen molar-refractivity contribution in [2.45, 2.75) is 39.8 Å². The van der Waals surface area contributed by atoms with Gasteiger partial charge < -0.3 is 16.4 Å². The quantitative estimate of drug-likeness (QED) is 0.751. The van der Waals surface area contributed by atoms with Gasteiger partial charge in [0.1, 0.15) is 0 Å². The van der Waals surface area contributed by atoms with Crippen LogP contribution in [0.5, 0.6) is 0 Å². The molecular weight excluding hydrogens is 290 g/mol. The lowest BCUT2D eigenvalue weighted by atomic mass is 10.0. The summed E-state index contributed by atoms with van der Waals surface area (Å²) in [4.78, 5) is 22.8. The maximum atomic E-state index is 11.8. The number of anilines is 1. The molecule has 0 aromatic heterocycles. The molecule has 0 spiro atoms. The first kappa shape index (κ1) is 19.4. The van der Waals surface area contributed by atoms with Gasteiger partial charge in [-0.1, -0.05) is 26.0 Å². The molecule has 118 valence electrons. The summed E-state index contributed by atoms with van der Waals surface area (Å²) < 4.78 is 0. The van der Waals surface area contributed by atoms with Crippen molar-refractivity contribution >= 4 is 29.9 Å². The Hall–Kier alpha value is -1.59. The molecule has 0 fully saturated rings. The Balaban J connectivity index is 0.00000400. The number of hydrogen-bond acceptors (Lipinski definition) is 3. The Labute approximate surface area is 132 Å². The average molecular weight is 314 g/mol. The lowest BCUT2D eigenvalue weighted by molar-refractivity contribution is -0.122. The van der Waals surface area contributed by atoms with Gasteiger partial charge in [-0.05, 0) is 30.0 Å². The van der Waals surface area contributed by atoms with Crippen LogP contribution in [-0.4, -0.2) is 17.9 Å². The second-order valence-electron chi connectivity index (χ2n) is 5.34. The van der Waals surface area contributed by atoms with Gasteiger partial charge >= 0.3 is 0 Å². The van der Waals surface area contributed by atoms with Gasteiger partial charge in [0.15, 0.2) is 0 Å². The van der Waals surface area contributed by atoms with Crippen molar-refractivity contribution in [3.8, 4) is 0 Å². The highest BCUT2D eigenvalue weighted by atomic mass is 35.5. The highest BCUT2D eigenvalue weighted by Crippen LogP contribution is 2.10. The molecular formula is C15H24ClN3O2. The van der Waals surface area contributed by atoms with Gasteiger partial charge in [0.25, 0.3) is 0 Å². The van der Waals surface area contributed by atoms with Crippen molar-refractivity contribution in [2.75, 3.05) is 5.32 Å². The predicted octanol–water partition coefficient (Wildman–Crippen LogP) is 2.06. The van der Waals surface area contributed by atoms with Crippen LogP contribution in [0.15, 0.2) is 24.3 Å². The van der Waals surface area contributed by atoms with Crippen molar-refractivity contribution in [3.63, 3.8) is 0 Å². The van der Waals surface area contributed by atoms with E-state index in [1.165, 1.54) is 6.92 Å². The van der Waals surface area contributed by atoms with Gasteiger partial charge in [-0.3, -0.25) is 9.59 Å². The van der Waals surface area contributed by atoms with Crippen LogP contribution in [0.4, 0.5) is 5.69 Å². The summed E-state index contributed by atoms with van der Waals surface area (Å²) in [7, 11) is 0. The molecule has 0 aliphatic rings. The summed E-state index contributed by atoms with van der Waals surface area (Å²) in [6.45, 7) is 5.92. The molecule has 6 heteroatoms. The number of nitrogens with one attached hydrogen (secondary N) is 2. The summed E-state index contributed by atoms with van der Waals surface area (Å²) >= 11 is 0. The van der Waals surface area contributed by atoms with Crippen molar-refractivity contribution in [1.29, 1.82) is 0 Å². The molecule has 5 nitrogen and oxygen atoms in total. The topological polar surface area (TPSA) is 84.2 Å². The maximum Gasteiger partial charge on any atom is 0.237 e. The van der Waals surface area contributed by atoms with Crippen molar-refractivity contribution < 1.29 is 9.59 Å². The Bertz CT molecular complexity index is 478. The highest BCUT2D eigenvalue weighted by Gasteiger charge is 2.14. The van der Waals surface area contributed by atoms with E-state index < -0.39 is 6.04 Å². The van der Waals surface area contributed by atoms with Gasteiger partial charge in [-0.25, -0.2) is 0 Å². The largest absolute Gasteiger partial charge is 0.351 e. The van der Waals surface area contributed by atoms with Gasteiger partial charge in [0, 0.05) is 19.2 Å². The molecule has 0 aliphatic carbocycles. The number of benzene rings is 1. The Morgan fingerprint density at radius 3 is 2.52 bits per heavy atom. The molecule has 0 bridgehead atoms. The van der Waals surface area contributed by atoms with Crippen molar-refractivity contribution in [1.82, 2.24) is 5.32 Å². The van der Waals surface area contributed by atoms with Crippen LogP contribution in [0.3, 0.4) is 0 Å². The number of nitrogens with two attached hydrogens (primary N) is 1. The van der Waals surface area contributed by atoms with Crippen LogP contribution in [-0.2, 0) is 16.1 Å². The molecule has 1 rings (SSSR count). The first-order valence-corrected chi connectivity index (χ1v) is 6.78. The number of carbonyl (C=O) groups excluding carboxylic acids is 2. The SMILES string of the molecule is CC(=O)Nc1cccc(CNC(=O)[C@@H](N)CC(C)C)c1.Cl. The third-order valence-corrected chi connectivity index (χ3v) is 2.78. The van der Waals surface area contributed by atoms with Crippen LogP contribution in [0.25, 0.3) is 0 Å². The fourth-order valence-corrected chi connectivity index (χ4v) is 1.90. The zero-order valence-electron chi connectivity index (χ0n) is 12.7. The van der Waals surface area contributed by atoms with Gasteiger partial charge in [-0.15, -0.1) is 12.4 Å². The van der Waals surface area contributed by atoms with Crippen molar-refractivity contribution in [2.24, 2.45) is 11.7 Å². The minimum atomic E-state index is -0.478. The first-order valence-electron chi connectivity index (χ1n) is 6.78. The van der Waals surface area contributed by atoms with E-state index >= 15 is 0 Å². The van der Waals surface area contributed by atoms with E-state index in [9.17, 15) is 9.59 Å². The Morgan fingerprint density at radius 1 is 1.29 bits per heavy atom. The summed E-state index contributed by atoms with van der Waals surface area (Å²) in [5.41, 5.74) is 7.45. The second-order valence-corrected chi connectivity index (χ2v) is 5.34. The van der Waals surface area contributed by atoms with Gasteiger partial charge in [0.2, 0.25) is 11.8 Å². The number of amides is 2. The third-order valence-electron chi connectivity index (χ3n) is 2.78. The van der Waals surface area contributed by atoms with Crippen molar-refractivity contribution in [3.05, 3.63) is 29.8 Å². The van der Waals surface area contributed by atoms with Crippen LogP contribution in [0, 0.1) is 5.92 Å². The van der Waals surface area contributed by atoms with E-state index in [0.29, 0.717) is 18.9 Å². The molecule has 0 aliphatic heterocycles. The first-order chi connectivity index (χ1) is 9.38. The highest BCUT2D eigenvalue weighted by molar-refractivity contribution is 5.88. The molecule has 0 radical (unpaired) electrons. The molecule has 0 unspecified atom stereocenters. The zero-order valence-corrected chi connectivity index (χ0v) is 13.5. The lowest BCUT2D eigenvalue weighted by Gasteiger charge is -2.14. The van der Waals surface area contributed by atoms with E-state index in [0.717, 1.165) is 11.3 Å². The Kier molecular flexibility index (Phi) is 8.66. The summed E-state index contributed by atoms with van der Waals surface area (Å²) in [5.74, 6) is 0.118. The molecule has 1 aromatic rings. The smallest absolute Gasteiger partial charge is 0.237 e. The van der Waals surface area contributed by atoms with E-state index in [2.05, 4.69) is 10.6 Å². The standard InChI is InChI=1S/C15H23N3O2.ClH/c1-10(2)7-14(16)15(20)17-9-12-5-4-6-13(8-12)18-11(3)19;/h4-6,8,10,14H,7,9,16H2,1-3H3,(H,17,20)(H,18,19);1H/t14-;/m0./s1.